The second kappa shape index (κ2) is 9.63. The number of hydrogen-bond donors (Lipinski definition) is 1. The summed E-state index contributed by atoms with van der Waals surface area (Å²) in [5.41, 5.74) is 0.866. The van der Waals surface area contributed by atoms with Gasteiger partial charge in [-0.2, -0.15) is 4.31 Å². The van der Waals surface area contributed by atoms with Crippen molar-refractivity contribution in [1.29, 1.82) is 0 Å². The number of ether oxygens (including phenoxy) is 1. The van der Waals surface area contributed by atoms with Gasteiger partial charge in [0.15, 0.2) is 6.61 Å². The van der Waals surface area contributed by atoms with Crippen LogP contribution in [0.5, 0.6) is 5.75 Å². The number of non-ortho nitro benzene ring substituents is 1. The highest BCUT2D eigenvalue weighted by molar-refractivity contribution is 7.89. The number of carbonyl (C=O) groups is 1. The Labute approximate surface area is 185 Å². The van der Waals surface area contributed by atoms with E-state index in [4.69, 9.17) is 16.3 Å². The van der Waals surface area contributed by atoms with E-state index in [9.17, 15) is 23.3 Å². The highest BCUT2D eigenvalue weighted by Crippen LogP contribution is 2.29. The quantitative estimate of drug-likeness (QED) is 0.489. The van der Waals surface area contributed by atoms with Crippen LogP contribution < -0.4 is 10.1 Å². The third kappa shape index (κ3) is 5.52. The van der Waals surface area contributed by atoms with Crippen molar-refractivity contribution in [3.8, 4) is 5.75 Å². The average molecular weight is 468 g/mol. The van der Waals surface area contributed by atoms with Gasteiger partial charge in [0, 0.05) is 30.9 Å². The molecule has 0 spiro atoms. The maximum atomic E-state index is 12.9. The number of sulfonamides is 1. The molecule has 0 bridgehead atoms. The van der Waals surface area contributed by atoms with Gasteiger partial charge in [0.05, 0.1) is 14.8 Å². The fraction of sp³-hybridized carbons (Fsp3) is 0.350. The van der Waals surface area contributed by atoms with Crippen LogP contribution in [0.25, 0.3) is 0 Å². The molecule has 0 saturated carbocycles. The molecule has 0 atom stereocenters. The minimum Gasteiger partial charge on any atom is -0.482 e. The van der Waals surface area contributed by atoms with Crippen molar-refractivity contribution >= 4 is 38.9 Å². The van der Waals surface area contributed by atoms with E-state index in [0.717, 1.165) is 25.3 Å². The van der Waals surface area contributed by atoms with Crippen LogP contribution in [0, 0.1) is 17.0 Å². The van der Waals surface area contributed by atoms with E-state index in [1.807, 2.05) is 0 Å². The fourth-order valence-electron chi connectivity index (χ4n) is 3.20. The SMILES string of the molecule is Cc1ccc(S(=O)(=O)N2CCCCC2)cc1NC(=O)COc1ccc([N+](=O)[O-])cc1Cl. The van der Waals surface area contributed by atoms with Gasteiger partial charge in [0.1, 0.15) is 5.75 Å². The Hall–Kier alpha value is -2.69. The van der Waals surface area contributed by atoms with Crippen molar-refractivity contribution in [3.05, 3.63) is 57.1 Å². The van der Waals surface area contributed by atoms with Crippen molar-refractivity contribution in [2.24, 2.45) is 0 Å². The molecule has 11 heteroatoms. The van der Waals surface area contributed by atoms with E-state index < -0.39 is 27.5 Å². The number of rotatable bonds is 7. The number of nitrogens with one attached hydrogen (secondary N) is 1. The Morgan fingerprint density at radius 1 is 1.19 bits per heavy atom. The predicted octanol–water partition coefficient (Wildman–Crippen LogP) is 3.75. The standard InChI is InChI=1S/C20H22ClN3O6S/c1-14-5-7-16(31(28,29)23-9-3-2-4-10-23)12-18(14)22-20(25)13-30-19-8-6-15(24(26)27)11-17(19)21/h5-8,11-12H,2-4,9-10,13H2,1H3,(H,22,25). The number of benzene rings is 2. The van der Waals surface area contributed by atoms with Gasteiger partial charge < -0.3 is 10.1 Å². The van der Waals surface area contributed by atoms with Crippen molar-refractivity contribution in [2.45, 2.75) is 31.1 Å². The Morgan fingerprint density at radius 2 is 1.90 bits per heavy atom. The molecule has 1 amide bonds. The number of amides is 1. The number of nitro benzene ring substituents is 1. The minimum atomic E-state index is -3.63. The second-order valence-electron chi connectivity index (χ2n) is 7.15. The van der Waals surface area contributed by atoms with Gasteiger partial charge >= 0.3 is 0 Å². The summed E-state index contributed by atoms with van der Waals surface area (Å²) < 4.78 is 32.6. The van der Waals surface area contributed by atoms with Crippen molar-refractivity contribution in [2.75, 3.05) is 25.0 Å². The van der Waals surface area contributed by atoms with Crippen LogP contribution in [-0.4, -0.2) is 43.2 Å². The number of piperidine rings is 1. The van der Waals surface area contributed by atoms with E-state index >= 15 is 0 Å². The third-order valence-electron chi connectivity index (χ3n) is 4.92. The first-order valence-corrected chi connectivity index (χ1v) is 11.5. The summed E-state index contributed by atoms with van der Waals surface area (Å²) in [5, 5.41) is 13.4. The number of hydrogen-bond acceptors (Lipinski definition) is 6. The Balaban J connectivity index is 1.69. The predicted molar refractivity (Wildman–Crippen MR) is 116 cm³/mol. The van der Waals surface area contributed by atoms with Crippen LogP contribution in [0.15, 0.2) is 41.3 Å². The summed E-state index contributed by atoms with van der Waals surface area (Å²) in [7, 11) is -3.63. The summed E-state index contributed by atoms with van der Waals surface area (Å²) in [5.74, 6) is -0.398. The molecular weight excluding hydrogens is 446 g/mol. The Bertz CT molecular complexity index is 1100. The normalized spacial score (nSPS) is 14.8. The van der Waals surface area contributed by atoms with Gasteiger partial charge in [-0.25, -0.2) is 8.42 Å². The van der Waals surface area contributed by atoms with Gasteiger partial charge in [0.25, 0.3) is 11.6 Å². The topological polar surface area (TPSA) is 119 Å². The van der Waals surface area contributed by atoms with E-state index in [1.165, 1.54) is 28.6 Å². The third-order valence-corrected chi connectivity index (χ3v) is 7.11. The molecule has 31 heavy (non-hydrogen) atoms. The molecule has 9 nitrogen and oxygen atoms in total. The van der Waals surface area contributed by atoms with E-state index in [1.54, 1.807) is 13.0 Å². The molecule has 0 aliphatic carbocycles. The molecule has 2 aromatic rings. The van der Waals surface area contributed by atoms with E-state index in [2.05, 4.69) is 5.32 Å². The number of carbonyl (C=O) groups excluding carboxylic acids is 1. The maximum Gasteiger partial charge on any atom is 0.271 e. The average Bonchev–Trinajstić information content (AvgIpc) is 2.74. The van der Waals surface area contributed by atoms with Gasteiger partial charge in [0.2, 0.25) is 10.0 Å². The summed E-state index contributed by atoms with van der Waals surface area (Å²) in [6.45, 7) is 2.32. The highest BCUT2D eigenvalue weighted by atomic mass is 35.5. The highest BCUT2D eigenvalue weighted by Gasteiger charge is 2.26. The lowest BCUT2D eigenvalue weighted by Gasteiger charge is -2.26. The first-order valence-electron chi connectivity index (χ1n) is 9.66. The molecule has 1 fully saturated rings. The lowest BCUT2D eigenvalue weighted by atomic mass is 10.2. The number of halogens is 1. The summed E-state index contributed by atoms with van der Waals surface area (Å²) in [6.07, 6.45) is 2.68. The van der Waals surface area contributed by atoms with Crippen molar-refractivity contribution in [1.82, 2.24) is 4.31 Å². The summed E-state index contributed by atoms with van der Waals surface area (Å²) >= 11 is 5.95. The Kier molecular flexibility index (Phi) is 7.14. The maximum absolute atomic E-state index is 12.9. The summed E-state index contributed by atoms with van der Waals surface area (Å²) in [4.78, 5) is 22.6. The molecule has 1 N–H and O–H groups in total. The molecule has 0 aromatic heterocycles. The minimum absolute atomic E-state index is 0.00722. The smallest absolute Gasteiger partial charge is 0.271 e. The number of nitrogens with zero attached hydrogens (tertiary/aromatic N) is 2. The van der Waals surface area contributed by atoms with Crippen LogP contribution in [0.4, 0.5) is 11.4 Å². The second-order valence-corrected chi connectivity index (χ2v) is 9.50. The first-order chi connectivity index (χ1) is 14.7. The summed E-state index contributed by atoms with van der Waals surface area (Å²) in [6, 6.07) is 8.27. The van der Waals surface area contributed by atoms with Crippen LogP contribution in [0.2, 0.25) is 5.02 Å². The number of nitro groups is 1. The molecule has 1 aliphatic heterocycles. The molecular formula is C20H22ClN3O6S. The molecule has 0 radical (unpaired) electrons. The lowest BCUT2D eigenvalue weighted by molar-refractivity contribution is -0.384. The zero-order valence-electron chi connectivity index (χ0n) is 16.8. The van der Waals surface area contributed by atoms with E-state index in [0.29, 0.717) is 24.3 Å². The molecule has 1 heterocycles. The number of anilines is 1. The van der Waals surface area contributed by atoms with Gasteiger partial charge in [-0.1, -0.05) is 24.1 Å². The zero-order valence-corrected chi connectivity index (χ0v) is 18.4. The van der Waals surface area contributed by atoms with Crippen LogP contribution in [0.1, 0.15) is 24.8 Å². The Morgan fingerprint density at radius 3 is 2.55 bits per heavy atom. The van der Waals surface area contributed by atoms with Gasteiger partial charge in [-0.3, -0.25) is 14.9 Å². The number of aryl methyl sites for hydroxylation is 1. The first kappa shape index (κ1) is 23.0. The van der Waals surface area contributed by atoms with Gasteiger partial charge in [-0.15, -0.1) is 0 Å². The molecule has 166 valence electrons. The van der Waals surface area contributed by atoms with Crippen LogP contribution >= 0.6 is 11.6 Å². The van der Waals surface area contributed by atoms with E-state index in [-0.39, 0.29) is 21.4 Å². The fourth-order valence-corrected chi connectivity index (χ4v) is 4.97. The monoisotopic (exact) mass is 467 g/mol. The molecule has 2 aromatic carbocycles. The molecule has 1 aliphatic rings. The van der Waals surface area contributed by atoms with Crippen molar-refractivity contribution in [3.63, 3.8) is 0 Å². The molecule has 1 saturated heterocycles. The lowest BCUT2D eigenvalue weighted by Crippen LogP contribution is -2.35. The van der Waals surface area contributed by atoms with Crippen molar-refractivity contribution < 1.29 is 22.9 Å². The van der Waals surface area contributed by atoms with Crippen LogP contribution in [-0.2, 0) is 14.8 Å². The zero-order chi connectivity index (χ0) is 22.6. The van der Waals surface area contributed by atoms with Crippen LogP contribution in [0.3, 0.4) is 0 Å². The molecule has 3 rings (SSSR count). The largest absolute Gasteiger partial charge is 0.482 e. The molecule has 0 unspecified atom stereocenters. The van der Waals surface area contributed by atoms with Gasteiger partial charge in [-0.05, 0) is 43.5 Å².